The fourth-order valence-corrected chi connectivity index (χ4v) is 4.12. The number of hydrogen-bond donors (Lipinski definition) is 2. The number of nitrogens with zero attached hydrogens (tertiary/aromatic N) is 1. The number of amides is 2. The van der Waals surface area contributed by atoms with Crippen molar-refractivity contribution in [3.05, 3.63) is 0 Å². The summed E-state index contributed by atoms with van der Waals surface area (Å²) in [7, 11) is 0. The summed E-state index contributed by atoms with van der Waals surface area (Å²) in [6.45, 7) is 5.08. The number of unbranched alkanes of at least 4 members (excludes halogenated alkanes) is 7. The van der Waals surface area contributed by atoms with Crippen LogP contribution >= 0.6 is 0 Å². The topological polar surface area (TPSA) is 87.7 Å². The van der Waals surface area contributed by atoms with Gasteiger partial charge in [0.15, 0.2) is 0 Å². The van der Waals surface area contributed by atoms with E-state index in [-0.39, 0.29) is 24.2 Å². The standard InChI is InChI=1S/C22H39N3O4/c1-2-3-4-5-6-7-8-9-15-29-20(26)16-19-21(27)24-13-14-25(19)22(28)18-11-10-12-23-17-18/h18-19,23H,2-17H2,1H3,(H,24,27). The van der Waals surface area contributed by atoms with Crippen molar-refractivity contribution < 1.29 is 19.1 Å². The molecule has 2 amide bonds. The van der Waals surface area contributed by atoms with Crippen molar-refractivity contribution in [2.75, 3.05) is 32.8 Å². The van der Waals surface area contributed by atoms with E-state index in [9.17, 15) is 14.4 Å². The molecule has 7 heteroatoms. The summed E-state index contributed by atoms with van der Waals surface area (Å²) in [5.41, 5.74) is 0. The molecule has 166 valence electrons. The van der Waals surface area contributed by atoms with E-state index in [1.54, 1.807) is 4.90 Å². The molecule has 2 unspecified atom stereocenters. The van der Waals surface area contributed by atoms with Gasteiger partial charge >= 0.3 is 5.97 Å². The van der Waals surface area contributed by atoms with E-state index < -0.39 is 12.0 Å². The molecule has 2 saturated heterocycles. The van der Waals surface area contributed by atoms with E-state index in [0.717, 1.165) is 32.2 Å². The lowest BCUT2D eigenvalue weighted by Crippen LogP contribution is -2.59. The summed E-state index contributed by atoms with van der Waals surface area (Å²) in [5.74, 6) is -0.773. The van der Waals surface area contributed by atoms with Crippen molar-refractivity contribution in [3.63, 3.8) is 0 Å². The van der Waals surface area contributed by atoms with Crippen LogP contribution in [0.3, 0.4) is 0 Å². The maximum Gasteiger partial charge on any atom is 0.308 e. The van der Waals surface area contributed by atoms with Crippen molar-refractivity contribution in [2.24, 2.45) is 5.92 Å². The van der Waals surface area contributed by atoms with Crippen LogP contribution < -0.4 is 10.6 Å². The first kappa shape index (κ1) is 23.6. The minimum Gasteiger partial charge on any atom is -0.466 e. The van der Waals surface area contributed by atoms with Gasteiger partial charge in [0, 0.05) is 19.6 Å². The molecule has 2 atom stereocenters. The fraction of sp³-hybridized carbons (Fsp3) is 0.864. The van der Waals surface area contributed by atoms with Gasteiger partial charge < -0.3 is 20.3 Å². The Kier molecular flexibility index (Phi) is 11.1. The predicted octanol–water partition coefficient (Wildman–Crippen LogP) is 2.39. The number of ether oxygens (including phenoxy) is 1. The maximum atomic E-state index is 12.9. The molecule has 29 heavy (non-hydrogen) atoms. The second-order valence-electron chi connectivity index (χ2n) is 8.28. The third kappa shape index (κ3) is 8.33. The molecule has 0 radical (unpaired) electrons. The number of carbonyl (C=O) groups is 3. The van der Waals surface area contributed by atoms with Crippen molar-refractivity contribution in [1.29, 1.82) is 0 Å². The van der Waals surface area contributed by atoms with Crippen LogP contribution in [0.4, 0.5) is 0 Å². The van der Waals surface area contributed by atoms with E-state index in [0.29, 0.717) is 26.2 Å². The highest BCUT2D eigenvalue weighted by molar-refractivity contribution is 5.92. The Morgan fingerprint density at radius 2 is 1.79 bits per heavy atom. The van der Waals surface area contributed by atoms with Gasteiger partial charge in [-0.15, -0.1) is 0 Å². The lowest BCUT2D eigenvalue weighted by atomic mass is 9.96. The molecule has 0 aromatic heterocycles. The average Bonchev–Trinajstić information content (AvgIpc) is 2.74. The number of nitrogens with one attached hydrogen (secondary N) is 2. The van der Waals surface area contributed by atoms with Gasteiger partial charge in [-0.05, 0) is 25.8 Å². The highest BCUT2D eigenvalue weighted by atomic mass is 16.5. The molecule has 2 heterocycles. The summed E-state index contributed by atoms with van der Waals surface area (Å²) >= 11 is 0. The van der Waals surface area contributed by atoms with Crippen molar-refractivity contribution in [1.82, 2.24) is 15.5 Å². The number of esters is 1. The van der Waals surface area contributed by atoms with Gasteiger partial charge in [0.1, 0.15) is 6.04 Å². The Balaban J connectivity index is 1.69. The fourth-order valence-electron chi connectivity index (χ4n) is 4.12. The van der Waals surface area contributed by atoms with Gasteiger partial charge in [-0.2, -0.15) is 0 Å². The minimum absolute atomic E-state index is 0.0204. The van der Waals surface area contributed by atoms with Crippen LogP contribution in [0.1, 0.15) is 77.6 Å². The first-order valence-corrected chi connectivity index (χ1v) is 11.6. The van der Waals surface area contributed by atoms with Crippen LogP contribution in [0.15, 0.2) is 0 Å². The second kappa shape index (κ2) is 13.6. The zero-order valence-electron chi connectivity index (χ0n) is 18.0. The Morgan fingerprint density at radius 1 is 1.07 bits per heavy atom. The number of piperidine rings is 1. The minimum atomic E-state index is -0.746. The molecule has 0 aliphatic carbocycles. The monoisotopic (exact) mass is 409 g/mol. The van der Waals surface area contributed by atoms with Gasteiger partial charge in [0.25, 0.3) is 0 Å². The quantitative estimate of drug-likeness (QED) is 0.382. The molecular formula is C22H39N3O4. The number of piperazine rings is 1. The van der Waals surface area contributed by atoms with Crippen LogP contribution in [-0.2, 0) is 19.1 Å². The van der Waals surface area contributed by atoms with Gasteiger partial charge in [-0.25, -0.2) is 0 Å². The van der Waals surface area contributed by atoms with Crippen molar-refractivity contribution in [2.45, 2.75) is 83.6 Å². The zero-order valence-corrected chi connectivity index (χ0v) is 18.0. The molecule has 2 fully saturated rings. The zero-order chi connectivity index (χ0) is 20.9. The molecule has 0 aromatic carbocycles. The van der Waals surface area contributed by atoms with E-state index >= 15 is 0 Å². The van der Waals surface area contributed by atoms with E-state index in [2.05, 4.69) is 17.6 Å². The van der Waals surface area contributed by atoms with Gasteiger partial charge in [-0.3, -0.25) is 14.4 Å². The number of carbonyl (C=O) groups excluding carboxylic acids is 3. The molecule has 2 N–H and O–H groups in total. The highest BCUT2D eigenvalue weighted by Crippen LogP contribution is 2.19. The summed E-state index contributed by atoms with van der Waals surface area (Å²) in [5, 5.41) is 6.01. The normalized spacial score (nSPS) is 22.2. The van der Waals surface area contributed by atoms with Gasteiger partial charge in [-0.1, -0.05) is 51.9 Å². The molecule has 0 saturated carbocycles. The molecule has 2 rings (SSSR count). The molecule has 7 nitrogen and oxygen atoms in total. The Labute approximate surface area is 175 Å². The van der Waals surface area contributed by atoms with Gasteiger partial charge in [0.05, 0.1) is 18.9 Å². The maximum absolute atomic E-state index is 12.9. The Hall–Kier alpha value is -1.63. The smallest absolute Gasteiger partial charge is 0.308 e. The Bertz CT molecular complexity index is 520. The van der Waals surface area contributed by atoms with E-state index in [4.69, 9.17) is 4.74 Å². The SMILES string of the molecule is CCCCCCCCCCOC(=O)CC1C(=O)NCCN1C(=O)C1CCCNC1. The second-order valence-corrected chi connectivity index (χ2v) is 8.28. The van der Waals surface area contributed by atoms with Crippen molar-refractivity contribution in [3.8, 4) is 0 Å². The molecule has 2 aliphatic heterocycles. The molecule has 0 aromatic rings. The summed E-state index contributed by atoms with van der Waals surface area (Å²) < 4.78 is 5.34. The van der Waals surface area contributed by atoms with Gasteiger partial charge in [0.2, 0.25) is 11.8 Å². The first-order chi connectivity index (χ1) is 14.1. The predicted molar refractivity (Wildman–Crippen MR) is 112 cm³/mol. The summed E-state index contributed by atoms with van der Waals surface area (Å²) in [4.78, 5) is 39.0. The van der Waals surface area contributed by atoms with E-state index in [1.165, 1.54) is 38.5 Å². The van der Waals surface area contributed by atoms with Crippen LogP contribution in [0.5, 0.6) is 0 Å². The highest BCUT2D eigenvalue weighted by Gasteiger charge is 2.38. The third-order valence-corrected chi connectivity index (χ3v) is 5.88. The molecule has 0 bridgehead atoms. The number of hydrogen-bond acceptors (Lipinski definition) is 5. The summed E-state index contributed by atoms with van der Waals surface area (Å²) in [6, 6.07) is -0.746. The van der Waals surface area contributed by atoms with Crippen LogP contribution in [0.25, 0.3) is 0 Å². The third-order valence-electron chi connectivity index (χ3n) is 5.88. The molecular weight excluding hydrogens is 370 g/mol. The summed E-state index contributed by atoms with van der Waals surface area (Å²) in [6.07, 6.45) is 11.2. The Morgan fingerprint density at radius 3 is 2.48 bits per heavy atom. The van der Waals surface area contributed by atoms with Crippen LogP contribution in [0.2, 0.25) is 0 Å². The first-order valence-electron chi connectivity index (χ1n) is 11.6. The van der Waals surface area contributed by atoms with Crippen LogP contribution in [-0.4, -0.2) is 61.5 Å². The average molecular weight is 410 g/mol. The van der Waals surface area contributed by atoms with Crippen molar-refractivity contribution >= 4 is 17.8 Å². The molecule has 2 aliphatic rings. The van der Waals surface area contributed by atoms with E-state index in [1.807, 2.05) is 0 Å². The number of rotatable bonds is 12. The largest absolute Gasteiger partial charge is 0.466 e. The van der Waals surface area contributed by atoms with Crippen LogP contribution in [0, 0.1) is 5.92 Å². The lowest BCUT2D eigenvalue weighted by molar-refractivity contribution is -0.153. The lowest BCUT2D eigenvalue weighted by Gasteiger charge is -2.37. The molecule has 0 spiro atoms.